The number of aliphatic hydroxyl groups is 1. The van der Waals surface area contributed by atoms with Crippen LogP contribution in [0.2, 0.25) is 0 Å². The third-order valence-electron chi connectivity index (χ3n) is 2.12. The lowest BCUT2D eigenvalue weighted by molar-refractivity contribution is -0.125. The SMILES string of the molecule is CCCC(C)C(=O)NC(C)CCO. The summed E-state index contributed by atoms with van der Waals surface area (Å²) in [6.07, 6.45) is 2.59. The van der Waals surface area contributed by atoms with E-state index in [1.54, 1.807) is 0 Å². The van der Waals surface area contributed by atoms with Crippen LogP contribution in [-0.4, -0.2) is 23.7 Å². The van der Waals surface area contributed by atoms with Gasteiger partial charge in [0.15, 0.2) is 0 Å². The number of carbonyl (C=O) groups is 1. The van der Waals surface area contributed by atoms with Crippen LogP contribution >= 0.6 is 0 Å². The summed E-state index contributed by atoms with van der Waals surface area (Å²) in [5.41, 5.74) is 0. The first kappa shape index (κ1) is 12.4. The summed E-state index contributed by atoms with van der Waals surface area (Å²) in [5.74, 6) is 0.189. The van der Waals surface area contributed by atoms with Crippen LogP contribution in [0.4, 0.5) is 0 Å². The predicted octanol–water partition coefficient (Wildman–Crippen LogP) is 1.31. The molecule has 0 spiro atoms. The Kier molecular flexibility index (Phi) is 6.59. The molecule has 2 N–H and O–H groups in total. The molecule has 3 nitrogen and oxygen atoms in total. The van der Waals surface area contributed by atoms with Crippen molar-refractivity contribution in [3.63, 3.8) is 0 Å². The van der Waals surface area contributed by atoms with Crippen LogP contribution in [0, 0.1) is 5.92 Å². The van der Waals surface area contributed by atoms with Gasteiger partial charge in [0.2, 0.25) is 5.91 Å². The first-order chi connectivity index (χ1) is 6.11. The molecule has 0 bridgehead atoms. The van der Waals surface area contributed by atoms with Gasteiger partial charge in [0.05, 0.1) is 0 Å². The van der Waals surface area contributed by atoms with E-state index in [4.69, 9.17) is 5.11 Å². The van der Waals surface area contributed by atoms with Gasteiger partial charge < -0.3 is 10.4 Å². The summed E-state index contributed by atoms with van der Waals surface area (Å²) in [7, 11) is 0. The van der Waals surface area contributed by atoms with Gasteiger partial charge in [0.25, 0.3) is 0 Å². The van der Waals surface area contributed by atoms with Crippen molar-refractivity contribution in [3.8, 4) is 0 Å². The third kappa shape index (κ3) is 5.64. The summed E-state index contributed by atoms with van der Waals surface area (Å²) in [6.45, 7) is 6.04. The van der Waals surface area contributed by atoms with E-state index in [9.17, 15) is 4.79 Å². The number of aliphatic hydroxyl groups excluding tert-OH is 1. The van der Waals surface area contributed by atoms with Crippen LogP contribution in [0.15, 0.2) is 0 Å². The van der Waals surface area contributed by atoms with Crippen molar-refractivity contribution in [2.45, 2.75) is 46.1 Å². The van der Waals surface area contributed by atoms with Crippen LogP contribution in [0.25, 0.3) is 0 Å². The molecule has 0 heterocycles. The summed E-state index contributed by atoms with van der Waals surface area (Å²) in [5, 5.41) is 11.5. The highest BCUT2D eigenvalue weighted by Crippen LogP contribution is 2.05. The summed E-state index contributed by atoms with van der Waals surface area (Å²) in [4.78, 5) is 11.4. The minimum atomic E-state index is 0.0804. The third-order valence-corrected chi connectivity index (χ3v) is 2.12. The molecule has 0 aromatic heterocycles. The van der Waals surface area contributed by atoms with Gasteiger partial charge in [-0.25, -0.2) is 0 Å². The molecule has 0 saturated heterocycles. The van der Waals surface area contributed by atoms with Crippen LogP contribution in [0.3, 0.4) is 0 Å². The van der Waals surface area contributed by atoms with E-state index in [1.165, 1.54) is 0 Å². The molecule has 0 fully saturated rings. The molecule has 13 heavy (non-hydrogen) atoms. The van der Waals surface area contributed by atoms with Crippen LogP contribution in [0.1, 0.15) is 40.0 Å². The smallest absolute Gasteiger partial charge is 0.223 e. The molecule has 0 aliphatic rings. The Morgan fingerprint density at radius 3 is 2.46 bits per heavy atom. The number of carbonyl (C=O) groups excluding carboxylic acids is 1. The Morgan fingerprint density at radius 2 is 2.00 bits per heavy atom. The molecule has 0 radical (unpaired) electrons. The Balaban J connectivity index is 3.71. The quantitative estimate of drug-likeness (QED) is 0.658. The monoisotopic (exact) mass is 187 g/mol. The van der Waals surface area contributed by atoms with Gasteiger partial charge in [-0.05, 0) is 19.8 Å². The van der Waals surface area contributed by atoms with Gasteiger partial charge in [-0.3, -0.25) is 4.79 Å². The summed E-state index contributed by atoms with van der Waals surface area (Å²) < 4.78 is 0. The molecule has 0 saturated carbocycles. The molecule has 78 valence electrons. The van der Waals surface area contributed by atoms with Crippen LogP contribution in [0.5, 0.6) is 0 Å². The van der Waals surface area contributed by atoms with Crippen molar-refractivity contribution >= 4 is 5.91 Å². The molecule has 3 heteroatoms. The van der Waals surface area contributed by atoms with Crippen molar-refractivity contribution in [3.05, 3.63) is 0 Å². The highest BCUT2D eigenvalue weighted by molar-refractivity contribution is 5.78. The first-order valence-electron chi connectivity index (χ1n) is 5.03. The zero-order valence-electron chi connectivity index (χ0n) is 8.84. The maximum atomic E-state index is 11.4. The number of nitrogens with one attached hydrogen (secondary N) is 1. The minimum absolute atomic E-state index is 0.0804. The maximum absolute atomic E-state index is 11.4. The van der Waals surface area contributed by atoms with E-state index in [0.29, 0.717) is 6.42 Å². The number of amides is 1. The van der Waals surface area contributed by atoms with Crippen molar-refractivity contribution < 1.29 is 9.90 Å². The maximum Gasteiger partial charge on any atom is 0.223 e. The van der Waals surface area contributed by atoms with E-state index in [0.717, 1.165) is 12.8 Å². The highest BCUT2D eigenvalue weighted by Gasteiger charge is 2.13. The fourth-order valence-corrected chi connectivity index (χ4v) is 1.22. The largest absolute Gasteiger partial charge is 0.396 e. The van der Waals surface area contributed by atoms with Crippen molar-refractivity contribution in [1.82, 2.24) is 5.32 Å². The van der Waals surface area contributed by atoms with E-state index in [-0.39, 0.29) is 24.5 Å². The topological polar surface area (TPSA) is 49.3 Å². The van der Waals surface area contributed by atoms with Crippen LogP contribution < -0.4 is 5.32 Å². The van der Waals surface area contributed by atoms with Gasteiger partial charge in [0.1, 0.15) is 0 Å². The van der Waals surface area contributed by atoms with Crippen molar-refractivity contribution in [2.24, 2.45) is 5.92 Å². The lowest BCUT2D eigenvalue weighted by Gasteiger charge is -2.16. The average molecular weight is 187 g/mol. The summed E-state index contributed by atoms with van der Waals surface area (Å²) >= 11 is 0. The normalized spacial score (nSPS) is 15.1. The predicted molar refractivity (Wildman–Crippen MR) is 53.4 cm³/mol. The Morgan fingerprint density at radius 1 is 1.38 bits per heavy atom. The molecule has 0 aromatic rings. The first-order valence-corrected chi connectivity index (χ1v) is 5.03. The van der Waals surface area contributed by atoms with Gasteiger partial charge in [-0.15, -0.1) is 0 Å². The van der Waals surface area contributed by atoms with Gasteiger partial charge >= 0.3 is 0 Å². The fraction of sp³-hybridized carbons (Fsp3) is 0.900. The second-order valence-corrected chi connectivity index (χ2v) is 3.61. The average Bonchev–Trinajstić information content (AvgIpc) is 2.05. The Hall–Kier alpha value is -0.570. The van der Waals surface area contributed by atoms with E-state index < -0.39 is 0 Å². The number of rotatable bonds is 6. The molecule has 0 aliphatic carbocycles. The molecule has 0 aromatic carbocycles. The lowest BCUT2D eigenvalue weighted by atomic mass is 10.0. The van der Waals surface area contributed by atoms with Gasteiger partial charge in [-0.2, -0.15) is 0 Å². The molecular weight excluding hydrogens is 166 g/mol. The van der Waals surface area contributed by atoms with E-state index >= 15 is 0 Å². The number of hydrogen-bond donors (Lipinski definition) is 2. The standard InChI is InChI=1S/C10H21NO2/c1-4-5-8(2)10(13)11-9(3)6-7-12/h8-9,12H,4-7H2,1-3H3,(H,11,13). The van der Waals surface area contributed by atoms with Gasteiger partial charge in [-0.1, -0.05) is 20.3 Å². The summed E-state index contributed by atoms with van der Waals surface area (Å²) in [6, 6.07) is 0.0804. The zero-order chi connectivity index (χ0) is 10.3. The molecule has 0 aliphatic heterocycles. The fourth-order valence-electron chi connectivity index (χ4n) is 1.22. The molecule has 2 unspecified atom stereocenters. The Bertz CT molecular complexity index is 148. The second kappa shape index (κ2) is 6.89. The minimum Gasteiger partial charge on any atom is -0.396 e. The van der Waals surface area contributed by atoms with Gasteiger partial charge in [0, 0.05) is 18.6 Å². The Labute approximate surface area is 80.5 Å². The number of hydrogen-bond acceptors (Lipinski definition) is 2. The molecular formula is C10H21NO2. The second-order valence-electron chi connectivity index (χ2n) is 3.61. The molecule has 0 rings (SSSR count). The van der Waals surface area contributed by atoms with E-state index in [2.05, 4.69) is 12.2 Å². The molecule has 2 atom stereocenters. The highest BCUT2D eigenvalue weighted by atomic mass is 16.3. The van der Waals surface area contributed by atoms with Crippen molar-refractivity contribution in [1.29, 1.82) is 0 Å². The molecule has 1 amide bonds. The van der Waals surface area contributed by atoms with Crippen LogP contribution in [-0.2, 0) is 4.79 Å². The van der Waals surface area contributed by atoms with Crippen molar-refractivity contribution in [2.75, 3.05) is 6.61 Å². The van der Waals surface area contributed by atoms with E-state index in [1.807, 2.05) is 13.8 Å². The zero-order valence-corrected chi connectivity index (χ0v) is 8.84. The lowest BCUT2D eigenvalue weighted by Crippen LogP contribution is -2.36.